The summed E-state index contributed by atoms with van der Waals surface area (Å²) < 4.78 is 15.8. The predicted octanol–water partition coefficient (Wildman–Crippen LogP) is 3.86. The molecule has 0 fully saturated rings. The zero-order valence-corrected chi connectivity index (χ0v) is 14.7. The molecule has 0 atom stereocenters. The quantitative estimate of drug-likeness (QED) is 0.764. The molecule has 0 N–H and O–H groups in total. The predicted molar refractivity (Wildman–Crippen MR) is 99.0 cm³/mol. The maximum Gasteiger partial charge on any atom is 0.336 e. The fraction of sp³-hybridized carbons (Fsp3) is 0.0952. The van der Waals surface area contributed by atoms with Gasteiger partial charge in [0.25, 0.3) is 0 Å². The number of rotatable bonds is 3. The number of carbonyl (C=O) groups is 2. The Balaban J connectivity index is 1.57. The SMILES string of the molecule is CC1=C(C)/C(=C/c2ccc(/C=C3/C=CC(=O)O3)o2)N=C1/C=C1/C=CC(=O)O1. The molecule has 3 aliphatic heterocycles. The minimum Gasteiger partial charge on any atom is -0.457 e. The molecule has 0 saturated heterocycles. The van der Waals surface area contributed by atoms with Gasteiger partial charge in [-0.05, 0) is 49.3 Å². The molecule has 1 aromatic rings. The Morgan fingerprint density at radius 2 is 1.37 bits per heavy atom. The molecule has 0 spiro atoms. The maximum absolute atomic E-state index is 11.2. The zero-order chi connectivity index (χ0) is 19.0. The van der Waals surface area contributed by atoms with Gasteiger partial charge in [0.1, 0.15) is 23.0 Å². The fourth-order valence-electron chi connectivity index (χ4n) is 2.72. The van der Waals surface area contributed by atoms with Gasteiger partial charge in [-0.2, -0.15) is 0 Å². The van der Waals surface area contributed by atoms with E-state index in [1.165, 1.54) is 12.2 Å². The van der Waals surface area contributed by atoms with E-state index in [9.17, 15) is 9.59 Å². The number of hydrogen-bond acceptors (Lipinski definition) is 6. The molecule has 4 heterocycles. The third-order valence-electron chi connectivity index (χ3n) is 4.27. The van der Waals surface area contributed by atoms with Crippen molar-refractivity contribution in [2.75, 3.05) is 0 Å². The summed E-state index contributed by atoms with van der Waals surface area (Å²) in [7, 11) is 0. The Hall–Kier alpha value is -3.67. The second kappa shape index (κ2) is 6.57. The molecular weight excluding hydrogens is 346 g/mol. The second-order valence-electron chi connectivity index (χ2n) is 6.12. The first-order chi connectivity index (χ1) is 13.0. The zero-order valence-electron chi connectivity index (χ0n) is 14.7. The molecule has 134 valence electrons. The third kappa shape index (κ3) is 3.50. The van der Waals surface area contributed by atoms with Crippen LogP contribution in [0.15, 0.2) is 80.3 Å². The molecule has 6 nitrogen and oxygen atoms in total. The van der Waals surface area contributed by atoms with E-state index in [1.54, 1.807) is 30.4 Å². The van der Waals surface area contributed by atoms with Crippen molar-refractivity contribution in [1.29, 1.82) is 0 Å². The molecule has 0 bridgehead atoms. The number of cyclic esters (lactones) is 2. The van der Waals surface area contributed by atoms with Gasteiger partial charge >= 0.3 is 11.9 Å². The van der Waals surface area contributed by atoms with Crippen molar-refractivity contribution in [2.24, 2.45) is 4.99 Å². The van der Waals surface area contributed by atoms with Crippen LogP contribution in [0.25, 0.3) is 12.2 Å². The molecule has 0 saturated carbocycles. The largest absolute Gasteiger partial charge is 0.457 e. The summed E-state index contributed by atoms with van der Waals surface area (Å²) in [6, 6.07) is 3.60. The van der Waals surface area contributed by atoms with Gasteiger partial charge in [0.15, 0.2) is 0 Å². The molecule has 0 amide bonds. The van der Waals surface area contributed by atoms with E-state index in [2.05, 4.69) is 4.99 Å². The van der Waals surface area contributed by atoms with Crippen LogP contribution < -0.4 is 0 Å². The normalized spacial score (nSPS) is 23.2. The van der Waals surface area contributed by atoms with Gasteiger partial charge in [-0.15, -0.1) is 0 Å². The maximum atomic E-state index is 11.2. The van der Waals surface area contributed by atoms with Gasteiger partial charge in [0.05, 0.1) is 11.4 Å². The van der Waals surface area contributed by atoms with E-state index in [1.807, 2.05) is 26.0 Å². The van der Waals surface area contributed by atoms with Crippen molar-refractivity contribution in [2.45, 2.75) is 13.8 Å². The highest BCUT2D eigenvalue weighted by Crippen LogP contribution is 2.29. The number of nitrogens with zero attached hydrogens (tertiary/aromatic N) is 1. The first kappa shape index (κ1) is 16.8. The van der Waals surface area contributed by atoms with Gasteiger partial charge in [-0.1, -0.05) is 0 Å². The average Bonchev–Trinajstić information content (AvgIpc) is 3.39. The lowest BCUT2D eigenvalue weighted by Crippen LogP contribution is -1.96. The van der Waals surface area contributed by atoms with Gasteiger partial charge in [-0.25, -0.2) is 14.6 Å². The highest BCUT2D eigenvalue weighted by molar-refractivity contribution is 6.13. The smallest absolute Gasteiger partial charge is 0.336 e. The number of esters is 2. The van der Waals surface area contributed by atoms with E-state index in [0.717, 1.165) is 22.6 Å². The molecule has 1 aromatic heterocycles. The summed E-state index contributed by atoms with van der Waals surface area (Å²) in [5, 5.41) is 0. The average molecular weight is 361 g/mol. The highest BCUT2D eigenvalue weighted by atomic mass is 16.5. The van der Waals surface area contributed by atoms with Crippen molar-refractivity contribution < 1.29 is 23.5 Å². The first-order valence-corrected chi connectivity index (χ1v) is 8.29. The first-order valence-electron chi connectivity index (χ1n) is 8.29. The van der Waals surface area contributed by atoms with Gasteiger partial charge < -0.3 is 13.9 Å². The van der Waals surface area contributed by atoms with Crippen molar-refractivity contribution in [3.63, 3.8) is 0 Å². The molecule has 0 aromatic carbocycles. The topological polar surface area (TPSA) is 78.1 Å². The number of carbonyl (C=O) groups excluding carboxylic acids is 2. The summed E-state index contributed by atoms with van der Waals surface area (Å²) in [4.78, 5) is 26.8. The second-order valence-corrected chi connectivity index (χ2v) is 6.12. The molecule has 3 aliphatic rings. The van der Waals surface area contributed by atoms with Crippen LogP contribution in [-0.2, 0) is 19.1 Å². The number of furan rings is 1. The number of hydrogen-bond donors (Lipinski definition) is 0. The van der Waals surface area contributed by atoms with E-state index < -0.39 is 5.97 Å². The Labute approximate surface area is 155 Å². The monoisotopic (exact) mass is 361 g/mol. The summed E-state index contributed by atoms with van der Waals surface area (Å²) in [5.41, 5.74) is 3.53. The Kier molecular flexibility index (Phi) is 4.08. The van der Waals surface area contributed by atoms with Crippen LogP contribution in [0, 0.1) is 0 Å². The third-order valence-corrected chi connectivity index (χ3v) is 4.27. The highest BCUT2D eigenvalue weighted by Gasteiger charge is 2.19. The summed E-state index contributed by atoms with van der Waals surface area (Å²) in [6.45, 7) is 3.94. The van der Waals surface area contributed by atoms with Gasteiger partial charge in [0, 0.05) is 30.4 Å². The summed E-state index contributed by atoms with van der Waals surface area (Å²) in [5.74, 6) is 1.33. The fourth-order valence-corrected chi connectivity index (χ4v) is 2.72. The minimum absolute atomic E-state index is 0.381. The van der Waals surface area contributed by atoms with Crippen LogP contribution in [0.3, 0.4) is 0 Å². The Morgan fingerprint density at radius 3 is 1.96 bits per heavy atom. The molecule has 0 radical (unpaired) electrons. The van der Waals surface area contributed by atoms with E-state index in [-0.39, 0.29) is 5.97 Å². The van der Waals surface area contributed by atoms with Crippen LogP contribution in [0.2, 0.25) is 0 Å². The molecular formula is C21H15NO5. The van der Waals surface area contributed by atoms with Crippen molar-refractivity contribution >= 4 is 29.8 Å². The Morgan fingerprint density at radius 1 is 0.778 bits per heavy atom. The molecule has 4 rings (SSSR count). The van der Waals surface area contributed by atoms with Crippen LogP contribution in [0.4, 0.5) is 0 Å². The molecule has 0 aliphatic carbocycles. The van der Waals surface area contributed by atoms with E-state index in [4.69, 9.17) is 13.9 Å². The number of allylic oxidation sites excluding steroid dienone is 5. The summed E-state index contributed by atoms with van der Waals surface area (Å²) >= 11 is 0. The molecule has 27 heavy (non-hydrogen) atoms. The van der Waals surface area contributed by atoms with Gasteiger partial charge in [-0.3, -0.25) is 0 Å². The van der Waals surface area contributed by atoms with E-state index in [0.29, 0.717) is 23.0 Å². The van der Waals surface area contributed by atoms with Gasteiger partial charge in [0.2, 0.25) is 0 Å². The Bertz CT molecular complexity index is 1070. The number of aliphatic imine (C=N–C) groups is 1. The van der Waals surface area contributed by atoms with Crippen LogP contribution in [-0.4, -0.2) is 17.7 Å². The van der Waals surface area contributed by atoms with E-state index >= 15 is 0 Å². The van der Waals surface area contributed by atoms with Crippen LogP contribution in [0.5, 0.6) is 0 Å². The number of ether oxygens (including phenoxy) is 2. The van der Waals surface area contributed by atoms with Crippen molar-refractivity contribution in [1.82, 2.24) is 0 Å². The van der Waals surface area contributed by atoms with Crippen LogP contribution >= 0.6 is 0 Å². The van der Waals surface area contributed by atoms with Crippen LogP contribution in [0.1, 0.15) is 25.4 Å². The van der Waals surface area contributed by atoms with Crippen molar-refractivity contribution in [3.8, 4) is 0 Å². The lowest BCUT2D eigenvalue weighted by molar-refractivity contribution is -0.133. The minimum atomic E-state index is -0.392. The standard InChI is InChI=1S/C21H15NO5/c1-12-13(2)19(11-17-6-8-21(24)27-17)22-18(12)10-16-4-3-14(25-16)9-15-5-7-20(23)26-15/h3-11H,1-2H3/b15-9-,17-11-,18-10-. The molecule has 6 heteroatoms. The molecule has 0 unspecified atom stereocenters. The van der Waals surface area contributed by atoms with Crippen molar-refractivity contribution in [3.05, 3.63) is 82.4 Å². The lowest BCUT2D eigenvalue weighted by Gasteiger charge is -1.98. The lowest BCUT2D eigenvalue weighted by atomic mass is 10.1. The summed E-state index contributed by atoms with van der Waals surface area (Å²) in [6.07, 6.45) is 11.1.